The topological polar surface area (TPSA) is 18.5 Å². The average Bonchev–Trinajstić information content (AvgIpc) is 2.65. The average molecular weight is 376 g/mol. The van der Waals surface area contributed by atoms with Crippen LogP contribution < -0.4 is 9.47 Å². The fourth-order valence-corrected chi connectivity index (χ4v) is 3.65. The van der Waals surface area contributed by atoms with E-state index in [1.165, 1.54) is 12.1 Å². The second-order valence-electron chi connectivity index (χ2n) is 6.96. The molecular formula is C20H28F4O2. The molecule has 0 saturated heterocycles. The highest BCUT2D eigenvalue weighted by atomic mass is 19.2. The van der Waals surface area contributed by atoms with E-state index in [-0.39, 0.29) is 18.3 Å². The van der Waals surface area contributed by atoms with Crippen molar-refractivity contribution in [2.24, 2.45) is 11.8 Å². The summed E-state index contributed by atoms with van der Waals surface area (Å²) in [5, 5.41) is 0. The molecule has 1 aromatic rings. The molecule has 0 unspecified atom stereocenters. The lowest BCUT2D eigenvalue weighted by Crippen LogP contribution is -2.33. The third kappa shape index (κ3) is 5.27. The van der Waals surface area contributed by atoms with Crippen molar-refractivity contribution in [3.8, 4) is 11.5 Å². The van der Waals surface area contributed by atoms with Gasteiger partial charge in [-0.05, 0) is 43.7 Å². The molecule has 148 valence electrons. The van der Waals surface area contributed by atoms with Crippen LogP contribution >= 0.6 is 0 Å². The Kier molecular flexibility index (Phi) is 8.04. The van der Waals surface area contributed by atoms with Crippen molar-refractivity contribution in [1.29, 1.82) is 0 Å². The van der Waals surface area contributed by atoms with Gasteiger partial charge in [0.05, 0.1) is 6.61 Å². The highest BCUT2D eigenvalue weighted by Gasteiger charge is 2.33. The minimum Gasteiger partial charge on any atom is -0.491 e. The first-order valence-electron chi connectivity index (χ1n) is 9.49. The van der Waals surface area contributed by atoms with Gasteiger partial charge in [-0.2, -0.15) is 8.78 Å². The third-order valence-corrected chi connectivity index (χ3v) is 5.09. The lowest BCUT2D eigenvalue weighted by Gasteiger charge is -2.31. The highest BCUT2D eigenvalue weighted by molar-refractivity contribution is 5.35. The molecule has 0 amide bonds. The monoisotopic (exact) mass is 376 g/mol. The second-order valence-corrected chi connectivity index (χ2v) is 6.96. The van der Waals surface area contributed by atoms with Gasteiger partial charge in [0.1, 0.15) is 12.8 Å². The van der Waals surface area contributed by atoms with Gasteiger partial charge in [-0.1, -0.05) is 32.6 Å². The van der Waals surface area contributed by atoms with Crippen molar-refractivity contribution in [2.45, 2.75) is 64.7 Å². The Balaban J connectivity index is 1.86. The molecule has 0 radical (unpaired) electrons. The third-order valence-electron chi connectivity index (χ3n) is 5.09. The fraction of sp³-hybridized carbons (Fsp3) is 0.700. The molecular weight excluding hydrogens is 348 g/mol. The van der Waals surface area contributed by atoms with E-state index in [2.05, 4.69) is 6.92 Å². The molecule has 1 saturated carbocycles. The number of alkyl halides is 2. The van der Waals surface area contributed by atoms with Gasteiger partial charge in [0.15, 0.2) is 17.7 Å². The summed E-state index contributed by atoms with van der Waals surface area (Å²) in [6.45, 7) is 3.32. The molecule has 26 heavy (non-hydrogen) atoms. The maximum atomic E-state index is 14.4. The minimum absolute atomic E-state index is 0.188. The highest BCUT2D eigenvalue weighted by Crippen LogP contribution is 2.36. The van der Waals surface area contributed by atoms with Gasteiger partial charge < -0.3 is 9.47 Å². The van der Waals surface area contributed by atoms with Crippen LogP contribution in [0, 0.1) is 23.5 Å². The number of hydrogen-bond donors (Lipinski definition) is 0. The van der Waals surface area contributed by atoms with E-state index >= 15 is 0 Å². The van der Waals surface area contributed by atoms with Gasteiger partial charge in [0.2, 0.25) is 11.6 Å². The number of halogens is 4. The van der Waals surface area contributed by atoms with Crippen molar-refractivity contribution in [3.05, 3.63) is 23.8 Å². The molecule has 1 aliphatic carbocycles. The van der Waals surface area contributed by atoms with E-state index < -0.39 is 36.3 Å². The molecule has 0 heterocycles. The summed E-state index contributed by atoms with van der Waals surface area (Å²) in [6, 6.07) is 2.38. The van der Waals surface area contributed by atoms with Crippen LogP contribution in [0.3, 0.4) is 0 Å². The Labute approximate surface area is 152 Å². The molecule has 0 aromatic heterocycles. The van der Waals surface area contributed by atoms with E-state index in [9.17, 15) is 17.6 Å². The zero-order valence-corrected chi connectivity index (χ0v) is 15.4. The fourth-order valence-electron chi connectivity index (χ4n) is 3.65. The quantitative estimate of drug-likeness (QED) is 0.490. The van der Waals surface area contributed by atoms with E-state index in [0.29, 0.717) is 18.8 Å². The first-order valence-corrected chi connectivity index (χ1v) is 9.49. The molecule has 1 aromatic carbocycles. The zero-order valence-electron chi connectivity index (χ0n) is 15.4. The number of hydrogen-bond acceptors (Lipinski definition) is 2. The van der Waals surface area contributed by atoms with Gasteiger partial charge in [-0.15, -0.1) is 0 Å². The van der Waals surface area contributed by atoms with Crippen LogP contribution in [0.1, 0.15) is 52.4 Å². The molecule has 1 aliphatic rings. The predicted octanol–water partition coefficient (Wildman–Crippen LogP) is 6.03. The maximum Gasteiger partial charge on any atom is 0.204 e. The van der Waals surface area contributed by atoms with Crippen molar-refractivity contribution in [1.82, 2.24) is 0 Å². The lowest BCUT2D eigenvalue weighted by molar-refractivity contribution is 0.0479. The van der Waals surface area contributed by atoms with Crippen molar-refractivity contribution >= 4 is 0 Å². The molecule has 0 N–H and O–H groups in total. The molecule has 0 aliphatic heterocycles. The molecule has 0 spiro atoms. The van der Waals surface area contributed by atoms with Gasteiger partial charge in [-0.25, -0.2) is 8.78 Å². The summed E-state index contributed by atoms with van der Waals surface area (Å²) in [6.07, 6.45) is 1.91. The minimum atomic E-state index is -1.86. The first kappa shape index (κ1) is 20.8. The summed E-state index contributed by atoms with van der Waals surface area (Å²) >= 11 is 0. The van der Waals surface area contributed by atoms with Crippen molar-refractivity contribution < 1.29 is 27.0 Å². The zero-order chi connectivity index (χ0) is 19.1. The molecule has 2 rings (SSSR count). The Morgan fingerprint density at radius 3 is 2.08 bits per heavy atom. The molecule has 6 heteroatoms. The van der Waals surface area contributed by atoms with Gasteiger partial charge >= 0.3 is 0 Å². The van der Waals surface area contributed by atoms with Crippen LogP contribution in [-0.4, -0.2) is 25.6 Å². The summed E-state index contributed by atoms with van der Waals surface area (Å²) in [5.41, 5.74) is 0. The van der Waals surface area contributed by atoms with Crippen LogP contribution in [0.25, 0.3) is 0 Å². The van der Waals surface area contributed by atoms with Crippen molar-refractivity contribution in [3.63, 3.8) is 0 Å². The molecule has 0 bridgehead atoms. The van der Waals surface area contributed by atoms with Crippen LogP contribution in [0.15, 0.2) is 12.1 Å². The number of benzene rings is 1. The van der Waals surface area contributed by atoms with Crippen LogP contribution in [0.2, 0.25) is 0 Å². The van der Waals surface area contributed by atoms with Gasteiger partial charge in [-0.3, -0.25) is 0 Å². The largest absolute Gasteiger partial charge is 0.491 e. The number of ether oxygens (including phenoxy) is 2. The summed E-state index contributed by atoms with van der Waals surface area (Å²) in [4.78, 5) is 0. The van der Waals surface area contributed by atoms with E-state index in [0.717, 1.165) is 25.7 Å². The summed E-state index contributed by atoms with van der Waals surface area (Å²) < 4.78 is 66.2. The molecule has 2 atom stereocenters. The molecule has 2 nitrogen and oxygen atoms in total. The first-order chi connectivity index (χ1) is 12.5. The number of rotatable bonds is 9. The van der Waals surface area contributed by atoms with E-state index in [1.54, 1.807) is 6.92 Å². The van der Waals surface area contributed by atoms with Gasteiger partial charge in [0.25, 0.3) is 0 Å². The Hall–Kier alpha value is -1.46. The Bertz CT molecular complexity index is 559. The predicted molar refractivity (Wildman–Crippen MR) is 93.2 cm³/mol. The van der Waals surface area contributed by atoms with E-state index in [4.69, 9.17) is 9.47 Å². The Morgan fingerprint density at radius 2 is 1.54 bits per heavy atom. The van der Waals surface area contributed by atoms with Crippen molar-refractivity contribution in [2.75, 3.05) is 13.2 Å². The van der Waals surface area contributed by atoms with Crippen LogP contribution in [0.4, 0.5) is 17.6 Å². The maximum absolute atomic E-state index is 14.4. The van der Waals surface area contributed by atoms with Crippen LogP contribution in [0.5, 0.6) is 11.5 Å². The SMILES string of the molecule is CCCC1CCC([C@@H](F)[C@H](F)COc2ccc(OCC)c(F)c2F)CC1. The lowest BCUT2D eigenvalue weighted by atomic mass is 9.77. The summed E-state index contributed by atoms with van der Waals surface area (Å²) in [7, 11) is 0. The van der Waals surface area contributed by atoms with Crippen LogP contribution in [-0.2, 0) is 0 Å². The van der Waals surface area contributed by atoms with E-state index in [1.807, 2.05) is 0 Å². The standard InChI is InChI=1S/C20H28F4O2/c1-3-5-13-6-8-14(9-7-13)18(22)15(21)12-26-17-11-10-16(25-4-2)19(23)20(17)24/h10-11,13-15,18H,3-9,12H2,1-2H3/t13?,14?,15-,18-/m1/s1. The smallest absolute Gasteiger partial charge is 0.204 e. The normalized spacial score (nSPS) is 22.7. The summed E-state index contributed by atoms with van der Waals surface area (Å²) in [5.74, 6) is -2.83. The second kappa shape index (κ2) is 10.0. The Morgan fingerprint density at radius 1 is 0.962 bits per heavy atom. The molecule has 1 fully saturated rings. The van der Waals surface area contributed by atoms with Gasteiger partial charge in [0, 0.05) is 0 Å².